The van der Waals surface area contributed by atoms with Crippen molar-refractivity contribution in [2.75, 3.05) is 24.6 Å². The summed E-state index contributed by atoms with van der Waals surface area (Å²) in [5, 5.41) is 0. The third-order valence-corrected chi connectivity index (χ3v) is 5.33. The van der Waals surface area contributed by atoms with E-state index in [9.17, 15) is 0 Å². The number of rotatable bonds is 6. The molecule has 1 aliphatic rings. The molecule has 0 aromatic carbocycles. The van der Waals surface area contributed by atoms with Crippen LogP contribution in [0.5, 0.6) is 5.75 Å². The normalized spacial score (nSPS) is 19.0. The van der Waals surface area contributed by atoms with Crippen LogP contribution in [0.4, 0.5) is 5.95 Å². The SMILES string of the molecule is CCc1cnc(N2CC(C)C(COc3ccc(-c4ccncc4)nc3)C2)nc1. The highest BCUT2D eigenvalue weighted by Crippen LogP contribution is 2.27. The largest absolute Gasteiger partial charge is 0.492 e. The van der Waals surface area contributed by atoms with Gasteiger partial charge in [-0.2, -0.15) is 0 Å². The predicted molar refractivity (Wildman–Crippen MR) is 109 cm³/mol. The van der Waals surface area contributed by atoms with Crippen molar-refractivity contribution in [1.82, 2.24) is 19.9 Å². The van der Waals surface area contributed by atoms with Gasteiger partial charge in [-0.15, -0.1) is 0 Å². The number of hydrogen-bond donors (Lipinski definition) is 0. The van der Waals surface area contributed by atoms with Gasteiger partial charge in [0.1, 0.15) is 5.75 Å². The van der Waals surface area contributed by atoms with Crippen LogP contribution in [0.1, 0.15) is 19.4 Å². The summed E-state index contributed by atoms with van der Waals surface area (Å²) in [5.74, 6) is 2.58. The first-order valence-corrected chi connectivity index (χ1v) is 9.78. The standard InChI is InChI=1S/C22H25N5O/c1-3-17-10-25-22(26-11-17)27-13-16(2)19(14-27)15-28-20-4-5-21(24-12-20)18-6-8-23-9-7-18/h4-12,16,19H,3,13-15H2,1-2H3. The van der Waals surface area contributed by atoms with E-state index in [-0.39, 0.29) is 0 Å². The topological polar surface area (TPSA) is 64.0 Å². The van der Waals surface area contributed by atoms with Crippen LogP contribution in [0, 0.1) is 11.8 Å². The Morgan fingerprint density at radius 3 is 2.46 bits per heavy atom. The molecular formula is C22H25N5O. The maximum atomic E-state index is 6.03. The average Bonchev–Trinajstić information content (AvgIpc) is 3.14. The predicted octanol–water partition coefficient (Wildman–Crippen LogP) is 3.65. The maximum Gasteiger partial charge on any atom is 0.225 e. The lowest BCUT2D eigenvalue weighted by atomic mass is 9.99. The Morgan fingerprint density at radius 1 is 1.00 bits per heavy atom. The molecule has 6 heteroatoms. The van der Waals surface area contributed by atoms with Crippen LogP contribution in [-0.4, -0.2) is 39.6 Å². The molecule has 3 aromatic rings. The molecule has 0 spiro atoms. The van der Waals surface area contributed by atoms with Gasteiger partial charge in [0.05, 0.1) is 18.5 Å². The van der Waals surface area contributed by atoms with Crippen molar-refractivity contribution in [3.8, 4) is 17.0 Å². The first-order valence-electron chi connectivity index (χ1n) is 9.78. The minimum absolute atomic E-state index is 0.439. The molecule has 1 fully saturated rings. The fourth-order valence-corrected chi connectivity index (χ4v) is 3.47. The van der Waals surface area contributed by atoms with Crippen molar-refractivity contribution in [1.29, 1.82) is 0 Å². The number of anilines is 1. The van der Waals surface area contributed by atoms with E-state index in [1.807, 2.05) is 36.7 Å². The van der Waals surface area contributed by atoms with E-state index in [4.69, 9.17) is 4.74 Å². The molecule has 0 aliphatic carbocycles. The molecule has 0 bridgehead atoms. The molecule has 1 saturated heterocycles. The first-order chi connectivity index (χ1) is 13.7. The highest BCUT2D eigenvalue weighted by atomic mass is 16.5. The monoisotopic (exact) mass is 375 g/mol. The van der Waals surface area contributed by atoms with E-state index < -0.39 is 0 Å². The highest BCUT2D eigenvalue weighted by molar-refractivity contribution is 5.58. The van der Waals surface area contributed by atoms with Gasteiger partial charge in [-0.1, -0.05) is 13.8 Å². The second-order valence-electron chi connectivity index (χ2n) is 7.31. The summed E-state index contributed by atoms with van der Waals surface area (Å²) < 4.78 is 6.03. The average molecular weight is 375 g/mol. The minimum Gasteiger partial charge on any atom is -0.492 e. The Labute approximate surface area is 165 Å². The quantitative estimate of drug-likeness (QED) is 0.655. The van der Waals surface area contributed by atoms with Crippen LogP contribution in [-0.2, 0) is 6.42 Å². The van der Waals surface area contributed by atoms with Crippen LogP contribution >= 0.6 is 0 Å². The Hall–Kier alpha value is -3.02. The third kappa shape index (κ3) is 4.11. The number of aromatic nitrogens is 4. The molecule has 3 aromatic heterocycles. The van der Waals surface area contributed by atoms with E-state index in [1.165, 1.54) is 5.56 Å². The number of nitrogens with zero attached hydrogens (tertiary/aromatic N) is 5. The van der Waals surface area contributed by atoms with E-state index in [0.717, 1.165) is 42.5 Å². The molecule has 2 unspecified atom stereocenters. The summed E-state index contributed by atoms with van der Waals surface area (Å²) in [5.41, 5.74) is 3.14. The summed E-state index contributed by atoms with van der Waals surface area (Å²) in [6.45, 7) is 6.91. The molecule has 0 saturated carbocycles. The fourth-order valence-electron chi connectivity index (χ4n) is 3.47. The summed E-state index contributed by atoms with van der Waals surface area (Å²) in [7, 11) is 0. The van der Waals surface area contributed by atoms with Crippen LogP contribution in [0.3, 0.4) is 0 Å². The van der Waals surface area contributed by atoms with Crippen LogP contribution in [0.25, 0.3) is 11.3 Å². The third-order valence-electron chi connectivity index (χ3n) is 5.33. The lowest BCUT2D eigenvalue weighted by Gasteiger charge is -2.16. The zero-order valence-corrected chi connectivity index (χ0v) is 16.3. The molecule has 4 heterocycles. The zero-order chi connectivity index (χ0) is 19.3. The van der Waals surface area contributed by atoms with Gasteiger partial charge in [-0.25, -0.2) is 9.97 Å². The Morgan fingerprint density at radius 2 is 1.79 bits per heavy atom. The van der Waals surface area contributed by atoms with Crippen LogP contribution in [0.15, 0.2) is 55.2 Å². The van der Waals surface area contributed by atoms with E-state index in [1.54, 1.807) is 18.6 Å². The molecule has 144 valence electrons. The van der Waals surface area contributed by atoms with Crippen molar-refractivity contribution >= 4 is 5.95 Å². The van der Waals surface area contributed by atoms with Gasteiger partial charge in [-0.3, -0.25) is 9.97 Å². The molecule has 0 radical (unpaired) electrons. The van der Waals surface area contributed by atoms with Crippen molar-refractivity contribution in [3.05, 3.63) is 60.8 Å². The Bertz CT molecular complexity index is 883. The van der Waals surface area contributed by atoms with Gasteiger partial charge >= 0.3 is 0 Å². The molecule has 6 nitrogen and oxygen atoms in total. The van der Waals surface area contributed by atoms with Gasteiger partial charge in [0.25, 0.3) is 0 Å². The molecule has 28 heavy (non-hydrogen) atoms. The molecular weight excluding hydrogens is 350 g/mol. The zero-order valence-electron chi connectivity index (χ0n) is 16.3. The van der Waals surface area contributed by atoms with E-state index in [0.29, 0.717) is 18.4 Å². The fraction of sp³-hybridized carbons (Fsp3) is 0.364. The van der Waals surface area contributed by atoms with Crippen molar-refractivity contribution in [2.45, 2.75) is 20.3 Å². The molecule has 4 rings (SSSR count). The van der Waals surface area contributed by atoms with E-state index >= 15 is 0 Å². The number of hydrogen-bond acceptors (Lipinski definition) is 6. The van der Waals surface area contributed by atoms with Gasteiger partial charge in [0.2, 0.25) is 5.95 Å². The molecule has 2 atom stereocenters. The second-order valence-corrected chi connectivity index (χ2v) is 7.31. The lowest BCUT2D eigenvalue weighted by molar-refractivity contribution is 0.232. The van der Waals surface area contributed by atoms with E-state index in [2.05, 4.69) is 38.7 Å². The van der Waals surface area contributed by atoms with Crippen molar-refractivity contribution in [2.24, 2.45) is 11.8 Å². The highest BCUT2D eigenvalue weighted by Gasteiger charge is 2.31. The Kier molecular flexibility index (Phi) is 5.46. The summed E-state index contributed by atoms with van der Waals surface area (Å²) in [6.07, 6.45) is 10.1. The van der Waals surface area contributed by atoms with Gasteiger partial charge < -0.3 is 9.64 Å². The van der Waals surface area contributed by atoms with Gasteiger partial charge in [-0.05, 0) is 42.2 Å². The Balaban J connectivity index is 1.34. The number of aryl methyl sites for hydroxylation is 1. The van der Waals surface area contributed by atoms with Crippen LogP contribution < -0.4 is 9.64 Å². The molecule has 0 N–H and O–H groups in total. The van der Waals surface area contributed by atoms with Crippen molar-refractivity contribution < 1.29 is 4.74 Å². The number of ether oxygens (including phenoxy) is 1. The maximum absolute atomic E-state index is 6.03. The van der Waals surface area contributed by atoms with Gasteiger partial charge in [0.15, 0.2) is 0 Å². The second kappa shape index (κ2) is 8.33. The summed E-state index contributed by atoms with van der Waals surface area (Å²) in [4.78, 5) is 19.8. The summed E-state index contributed by atoms with van der Waals surface area (Å²) >= 11 is 0. The first kappa shape index (κ1) is 18.3. The van der Waals surface area contributed by atoms with Gasteiger partial charge in [0, 0.05) is 49.4 Å². The smallest absolute Gasteiger partial charge is 0.225 e. The molecule has 0 amide bonds. The minimum atomic E-state index is 0.439. The lowest BCUT2D eigenvalue weighted by Crippen LogP contribution is -2.23. The molecule has 1 aliphatic heterocycles. The van der Waals surface area contributed by atoms with Crippen molar-refractivity contribution in [3.63, 3.8) is 0 Å². The number of pyridine rings is 2. The summed E-state index contributed by atoms with van der Waals surface area (Å²) in [6, 6.07) is 7.87. The van der Waals surface area contributed by atoms with Crippen LogP contribution in [0.2, 0.25) is 0 Å².